The number of carbonyl (C=O) groups is 2. The lowest BCUT2D eigenvalue weighted by Gasteiger charge is -2.21. The van der Waals surface area contributed by atoms with Crippen molar-refractivity contribution in [3.8, 4) is 11.5 Å². The van der Waals surface area contributed by atoms with Crippen LogP contribution in [0.4, 0.5) is 0 Å². The van der Waals surface area contributed by atoms with Crippen molar-refractivity contribution in [2.75, 3.05) is 40.4 Å². The van der Waals surface area contributed by atoms with Crippen LogP contribution in [0.5, 0.6) is 11.5 Å². The van der Waals surface area contributed by atoms with E-state index in [1.54, 1.807) is 24.8 Å². The lowest BCUT2D eigenvalue weighted by Crippen LogP contribution is -2.49. The van der Waals surface area contributed by atoms with Crippen molar-refractivity contribution in [2.24, 2.45) is 0 Å². The van der Waals surface area contributed by atoms with E-state index in [0.29, 0.717) is 0 Å². The van der Waals surface area contributed by atoms with Crippen LogP contribution in [0.1, 0.15) is 12.8 Å². The molecule has 0 saturated carbocycles. The van der Waals surface area contributed by atoms with Crippen LogP contribution in [-0.4, -0.2) is 117 Å². The van der Waals surface area contributed by atoms with E-state index in [4.69, 9.17) is 40.1 Å². The van der Waals surface area contributed by atoms with E-state index in [1.807, 2.05) is 38.4 Å². The molecule has 14 nitrogen and oxygen atoms in total. The molecule has 0 aliphatic rings. The van der Waals surface area contributed by atoms with Gasteiger partial charge < -0.3 is 50.7 Å². The highest BCUT2D eigenvalue weighted by Gasteiger charge is 2.37. The van der Waals surface area contributed by atoms with Crippen molar-refractivity contribution >= 4 is 11.9 Å². The first-order chi connectivity index (χ1) is 18.1. The zero-order chi connectivity index (χ0) is 28.8. The number of pyridine rings is 2. The molecule has 0 unspecified atom stereocenters. The number of carboxylic acids is 2. The quantitative estimate of drug-likeness (QED) is 0.123. The standard InChI is InChI=1S/2C9H14N2O.C6H10O8/c2*1-10-5-3-7-12-9-4-2-6-11-8-9;7-1(3(9)5(11)12)2(8)4(10)6(13)14/h2*2,4,6,8,10H,3,5,7H2,1H3;1-4,7-10H,(H,11,12)(H,13,14)/t;;1-,2+,3+,4-. The monoisotopic (exact) mass is 542 g/mol. The molecule has 2 rings (SSSR count). The van der Waals surface area contributed by atoms with Crippen LogP contribution in [-0.2, 0) is 9.59 Å². The topological polar surface area (TPSA) is 224 Å². The number of aliphatic carboxylic acids is 2. The maximum absolute atomic E-state index is 10.1. The smallest absolute Gasteiger partial charge is 0.335 e. The van der Waals surface area contributed by atoms with Gasteiger partial charge in [0.1, 0.15) is 23.7 Å². The summed E-state index contributed by atoms with van der Waals surface area (Å²) in [5, 5.41) is 57.6. The summed E-state index contributed by atoms with van der Waals surface area (Å²) in [5.41, 5.74) is 0. The molecule has 0 saturated heterocycles. The Bertz CT molecular complexity index is 792. The number of aromatic nitrogens is 2. The number of nitrogens with one attached hydrogen (secondary N) is 2. The van der Waals surface area contributed by atoms with Crippen molar-refractivity contribution < 1.29 is 49.7 Å². The third-order valence-electron chi connectivity index (χ3n) is 4.45. The fourth-order valence-electron chi connectivity index (χ4n) is 2.41. The average molecular weight is 543 g/mol. The highest BCUT2D eigenvalue weighted by atomic mass is 16.5. The predicted octanol–water partition coefficient (Wildman–Crippen LogP) is -1.26. The van der Waals surface area contributed by atoms with E-state index in [0.717, 1.165) is 50.6 Å². The van der Waals surface area contributed by atoms with Crippen molar-refractivity contribution in [2.45, 2.75) is 37.3 Å². The molecule has 0 bridgehead atoms. The van der Waals surface area contributed by atoms with E-state index < -0.39 is 36.4 Å². The van der Waals surface area contributed by atoms with E-state index in [2.05, 4.69) is 20.6 Å². The summed E-state index contributed by atoms with van der Waals surface area (Å²) in [5.74, 6) is -1.99. The van der Waals surface area contributed by atoms with Gasteiger partial charge in [0.2, 0.25) is 0 Å². The SMILES string of the molecule is CNCCCOc1cccnc1.CNCCCOc1cccnc1.O=C(O)[C@@H](O)[C@H](O)[C@H](O)[C@@H](O)C(=O)O. The van der Waals surface area contributed by atoms with E-state index in [-0.39, 0.29) is 0 Å². The summed E-state index contributed by atoms with van der Waals surface area (Å²) in [4.78, 5) is 28.1. The molecule has 4 atom stereocenters. The Kier molecular flexibility index (Phi) is 19.7. The minimum Gasteiger partial charge on any atom is -0.492 e. The molecule has 0 amide bonds. The van der Waals surface area contributed by atoms with Gasteiger partial charge in [0.25, 0.3) is 0 Å². The summed E-state index contributed by atoms with van der Waals surface area (Å²) in [6.45, 7) is 3.46. The molecule has 0 fully saturated rings. The summed E-state index contributed by atoms with van der Waals surface area (Å²) in [6, 6.07) is 7.56. The number of aliphatic hydroxyl groups is 4. The van der Waals surface area contributed by atoms with Gasteiger partial charge in [0, 0.05) is 12.4 Å². The van der Waals surface area contributed by atoms with Crippen molar-refractivity contribution in [3.63, 3.8) is 0 Å². The summed E-state index contributed by atoms with van der Waals surface area (Å²) in [7, 11) is 3.87. The van der Waals surface area contributed by atoms with Crippen molar-refractivity contribution in [1.82, 2.24) is 20.6 Å². The Labute approximate surface area is 220 Å². The van der Waals surface area contributed by atoms with Gasteiger partial charge in [-0.2, -0.15) is 0 Å². The van der Waals surface area contributed by atoms with Gasteiger partial charge in [-0.15, -0.1) is 0 Å². The average Bonchev–Trinajstić information content (AvgIpc) is 2.93. The van der Waals surface area contributed by atoms with Crippen LogP contribution < -0.4 is 20.1 Å². The molecule has 38 heavy (non-hydrogen) atoms. The Morgan fingerprint density at radius 1 is 0.763 bits per heavy atom. The van der Waals surface area contributed by atoms with Crippen LogP contribution in [0.3, 0.4) is 0 Å². The Hall–Kier alpha value is -3.40. The van der Waals surface area contributed by atoms with Crippen molar-refractivity contribution in [3.05, 3.63) is 49.1 Å². The highest BCUT2D eigenvalue weighted by molar-refractivity contribution is 5.75. The molecular formula is C24H38N4O10. The molecule has 0 spiro atoms. The second-order valence-electron chi connectivity index (χ2n) is 7.54. The predicted molar refractivity (Wildman–Crippen MR) is 136 cm³/mol. The summed E-state index contributed by atoms with van der Waals surface area (Å²) < 4.78 is 10.8. The molecule has 0 aliphatic carbocycles. The van der Waals surface area contributed by atoms with E-state index in [9.17, 15) is 9.59 Å². The minimum absolute atomic E-state index is 0.743. The molecule has 0 aliphatic heterocycles. The number of rotatable bonds is 15. The molecular weight excluding hydrogens is 504 g/mol. The van der Waals surface area contributed by atoms with Crippen molar-refractivity contribution in [1.29, 1.82) is 0 Å². The third-order valence-corrected chi connectivity index (χ3v) is 4.45. The first-order valence-corrected chi connectivity index (χ1v) is 11.7. The molecule has 0 aromatic carbocycles. The van der Waals surface area contributed by atoms with Gasteiger partial charge >= 0.3 is 11.9 Å². The molecule has 0 radical (unpaired) electrons. The first kappa shape index (κ1) is 34.6. The number of hydrogen-bond donors (Lipinski definition) is 8. The number of hydrogen-bond acceptors (Lipinski definition) is 12. The lowest BCUT2D eigenvalue weighted by molar-refractivity contribution is -0.172. The van der Waals surface area contributed by atoms with E-state index in [1.165, 1.54) is 0 Å². The normalized spacial score (nSPS) is 13.3. The lowest BCUT2D eigenvalue weighted by atomic mass is 10.0. The van der Waals surface area contributed by atoms with Gasteiger partial charge in [-0.3, -0.25) is 9.97 Å². The molecule has 2 heterocycles. The maximum atomic E-state index is 10.1. The van der Waals surface area contributed by atoms with Gasteiger partial charge in [-0.25, -0.2) is 9.59 Å². The van der Waals surface area contributed by atoms with Gasteiger partial charge in [0.05, 0.1) is 25.6 Å². The number of ether oxygens (including phenoxy) is 2. The van der Waals surface area contributed by atoms with Crippen LogP contribution in [0, 0.1) is 0 Å². The highest BCUT2D eigenvalue weighted by Crippen LogP contribution is 2.07. The van der Waals surface area contributed by atoms with E-state index >= 15 is 0 Å². The summed E-state index contributed by atoms with van der Waals surface area (Å²) >= 11 is 0. The largest absolute Gasteiger partial charge is 0.492 e. The zero-order valence-electron chi connectivity index (χ0n) is 21.4. The molecule has 2 aromatic rings. The zero-order valence-corrected chi connectivity index (χ0v) is 21.4. The van der Waals surface area contributed by atoms with Crippen LogP contribution in [0.25, 0.3) is 0 Å². The Morgan fingerprint density at radius 3 is 1.39 bits per heavy atom. The Morgan fingerprint density at radius 2 is 1.13 bits per heavy atom. The molecule has 8 N–H and O–H groups in total. The van der Waals surface area contributed by atoms with Crippen LogP contribution >= 0.6 is 0 Å². The number of aliphatic hydroxyl groups excluding tert-OH is 4. The van der Waals surface area contributed by atoms with Gasteiger partial charge in [0.15, 0.2) is 12.2 Å². The molecule has 214 valence electrons. The van der Waals surface area contributed by atoms with Crippen LogP contribution in [0.15, 0.2) is 49.1 Å². The van der Waals surface area contributed by atoms with Crippen LogP contribution in [0.2, 0.25) is 0 Å². The summed E-state index contributed by atoms with van der Waals surface area (Å²) in [6.07, 6.45) is -0.327. The Balaban J connectivity index is 0.000000542. The third kappa shape index (κ3) is 16.4. The first-order valence-electron chi connectivity index (χ1n) is 11.7. The second kappa shape index (κ2) is 21.7. The molecule has 2 aromatic heterocycles. The molecule has 14 heteroatoms. The van der Waals surface area contributed by atoms with Gasteiger partial charge in [-0.05, 0) is 64.3 Å². The minimum atomic E-state index is -2.36. The fraction of sp³-hybridized carbons (Fsp3) is 0.500. The van der Waals surface area contributed by atoms with Gasteiger partial charge in [-0.1, -0.05) is 0 Å². The maximum Gasteiger partial charge on any atom is 0.335 e. The number of nitrogens with zero attached hydrogens (tertiary/aromatic N) is 2. The fourth-order valence-corrected chi connectivity index (χ4v) is 2.41. The number of carboxylic acid groups (broad SMARTS) is 2. The second-order valence-corrected chi connectivity index (χ2v) is 7.54.